The number of rotatable bonds is 11. The molecular formula is C30H39BClFN2O2S. The molecule has 8 heteroatoms. The predicted octanol–water partition coefficient (Wildman–Crippen LogP) is 6.27. The van der Waals surface area contributed by atoms with Gasteiger partial charge in [0.15, 0.2) is 6.29 Å². The van der Waals surface area contributed by atoms with Gasteiger partial charge in [-0.1, -0.05) is 79.4 Å². The summed E-state index contributed by atoms with van der Waals surface area (Å²) >= 11 is 7.86. The average molecular weight is 557 g/mol. The van der Waals surface area contributed by atoms with Crippen molar-refractivity contribution in [1.29, 1.82) is 0 Å². The first kappa shape index (κ1) is 30.5. The highest BCUT2D eigenvalue weighted by Crippen LogP contribution is 2.21. The molecule has 1 aromatic heterocycles. The molecule has 1 fully saturated rings. The molecule has 1 saturated heterocycles. The van der Waals surface area contributed by atoms with Gasteiger partial charge in [-0.3, -0.25) is 0 Å². The van der Waals surface area contributed by atoms with Crippen LogP contribution in [0.1, 0.15) is 32.9 Å². The number of aromatic nitrogens is 2. The Hall–Kier alpha value is -2.06. The van der Waals surface area contributed by atoms with Crippen LogP contribution >= 0.6 is 23.4 Å². The molecule has 4 rings (SSSR count). The van der Waals surface area contributed by atoms with Gasteiger partial charge in [-0.25, -0.2) is 9.37 Å². The minimum Gasteiger partial charge on any atom is -0.350 e. The Morgan fingerprint density at radius 3 is 2.32 bits per heavy atom. The Kier molecular flexibility index (Phi) is 12.9. The van der Waals surface area contributed by atoms with E-state index in [1.165, 1.54) is 28.4 Å². The standard InChI is InChI=1S/C21H25BClFS.C9H14N2O2/c1-16(2)25-20-13-11-19(12-14-20)22(18-8-5-4-6-9-18)15-7-10-21(23)17(3)24;1-8-6-10-7-11(8)3-2-9-12-4-5-13-9/h4-14,16-17,21H,15H2,1-3H3;6-7,9H,2-5H2,1H3. The van der Waals surface area contributed by atoms with Crippen molar-refractivity contribution in [3.63, 3.8) is 0 Å². The van der Waals surface area contributed by atoms with Crippen molar-refractivity contribution < 1.29 is 13.9 Å². The van der Waals surface area contributed by atoms with E-state index in [0.717, 1.165) is 32.5 Å². The molecule has 0 N–H and O–H groups in total. The summed E-state index contributed by atoms with van der Waals surface area (Å²) in [6.45, 7) is 10.5. The highest BCUT2D eigenvalue weighted by Gasteiger charge is 2.18. The van der Waals surface area contributed by atoms with E-state index in [1.807, 2.05) is 43.4 Å². The Balaban J connectivity index is 0.000000256. The molecule has 2 unspecified atom stereocenters. The fourth-order valence-corrected chi connectivity index (χ4v) is 5.08. The van der Waals surface area contributed by atoms with Crippen LogP contribution in [-0.4, -0.2) is 52.6 Å². The maximum absolute atomic E-state index is 13.2. The highest BCUT2D eigenvalue weighted by molar-refractivity contribution is 7.99. The number of hydrogen-bond acceptors (Lipinski definition) is 4. The van der Waals surface area contributed by atoms with Crippen LogP contribution in [0.25, 0.3) is 0 Å². The molecule has 2 aromatic carbocycles. The molecule has 4 nitrogen and oxygen atoms in total. The smallest absolute Gasteiger partial charge is 0.213 e. The maximum atomic E-state index is 13.2. The fraction of sp³-hybridized carbons (Fsp3) is 0.433. The second-order valence-electron chi connectivity index (χ2n) is 9.67. The van der Waals surface area contributed by atoms with Gasteiger partial charge in [-0.2, -0.15) is 0 Å². The first-order chi connectivity index (χ1) is 18.3. The van der Waals surface area contributed by atoms with Gasteiger partial charge in [0.25, 0.3) is 0 Å². The Morgan fingerprint density at radius 2 is 1.74 bits per heavy atom. The van der Waals surface area contributed by atoms with Crippen LogP contribution in [0.2, 0.25) is 6.32 Å². The molecule has 1 aliphatic heterocycles. The van der Waals surface area contributed by atoms with Crippen LogP contribution in [0.4, 0.5) is 4.39 Å². The molecule has 1 aliphatic rings. The molecule has 0 spiro atoms. The van der Waals surface area contributed by atoms with E-state index in [1.54, 1.807) is 6.08 Å². The van der Waals surface area contributed by atoms with Crippen molar-refractivity contribution in [2.45, 2.75) is 75.0 Å². The van der Waals surface area contributed by atoms with Crippen LogP contribution in [0.5, 0.6) is 0 Å². The summed E-state index contributed by atoms with van der Waals surface area (Å²) in [6, 6.07) is 19.2. The molecule has 0 amide bonds. The summed E-state index contributed by atoms with van der Waals surface area (Å²) in [4.78, 5) is 5.33. The summed E-state index contributed by atoms with van der Waals surface area (Å²) in [6.07, 6.45) is 8.11. The van der Waals surface area contributed by atoms with Crippen LogP contribution in [0.15, 0.2) is 84.2 Å². The minimum absolute atomic E-state index is 0.0122. The van der Waals surface area contributed by atoms with Gasteiger partial charge < -0.3 is 14.0 Å². The number of hydrogen-bond donors (Lipinski definition) is 0. The lowest BCUT2D eigenvalue weighted by Crippen LogP contribution is -2.41. The van der Waals surface area contributed by atoms with E-state index in [2.05, 4.69) is 71.9 Å². The van der Waals surface area contributed by atoms with E-state index in [4.69, 9.17) is 21.1 Å². The van der Waals surface area contributed by atoms with Crippen molar-refractivity contribution in [3.05, 3.63) is 85.0 Å². The number of benzene rings is 2. The van der Waals surface area contributed by atoms with Crippen molar-refractivity contribution in [3.8, 4) is 0 Å². The first-order valence-electron chi connectivity index (χ1n) is 13.3. The molecule has 0 aliphatic carbocycles. The molecule has 0 bridgehead atoms. The van der Waals surface area contributed by atoms with E-state index in [9.17, 15) is 4.39 Å². The molecular weight excluding hydrogens is 518 g/mol. The van der Waals surface area contributed by atoms with Gasteiger partial charge >= 0.3 is 0 Å². The summed E-state index contributed by atoms with van der Waals surface area (Å²) in [7, 11) is 0. The number of alkyl halides is 2. The second kappa shape index (κ2) is 16.1. The zero-order chi connectivity index (χ0) is 27.3. The van der Waals surface area contributed by atoms with Gasteiger partial charge in [0.05, 0.1) is 24.9 Å². The summed E-state index contributed by atoms with van der Waals surface area (Å²) < 4.78 is 26.0. The summed E-state index contributed by atoms with van der Waals surface area (Å²) in [5, 5.41) is 0.00305. The highest BCUT2D eigenvalue weighted by atomic mass is 35.5. The molecule has 3 aromatic rings. The summed E-state index contributed by atoms with van der Waals surface area (Å²) in [5.41, 5.74) is 3.71. The average Bonchev–Trinajstić information content (AvgIpc) is 3.58. The lowest BCUT2D eigenvalue weighted by Gasteiger charge is -2.14. The van der Waals surface area contributed by atoms with Gasteiger partial charge in [0, 0.05) is 35.0 Å². The van der Waals surface area contributed by atoms with E-state index in [0.29, 0.717) is 5.25 Å². The third-order valence-corrected chi connectivity index (χ3v) is 7.71. The van der Waals surface area contributed by atoms with E-state index < -0.39 is 11.5 Å². The molecule has 2 heterocycles. The first-order valence-corrected chi connectivity index (χ1v) is 14.6. The number of ether oxygens (including phenoxy) is 2. The Labute approximate surface area is 237 Å². The number of nitrogens with zero attached hydrogens (tertiary/aromatic N) is 2. The topological polar surface area (TPSA) is 36.3 Å². The molecule has 0 saturated carbocycles. The number of imidazole rings is 1. The minimum atomic E-state index is -1.04. The van der Waals surface area contributed by atoms with Crippen molar-refractivity contribution in [2.24, 2.45) is 0 Å². The molecule has 2 atom stereocenters. The van der Waals surface area contributed by atoms with Gasteiger partial charge in [0.2, 0.25) is 6.71 Å². The fourth-order valence-electron chi connectivity index (χ4n) is 4.14. The van der Waals surface area contributed by atoms with Crippen LogP contribution in [0.3, 0.4) is 0 Å². The number of thioether (sulfide) groups is 1. The van der Waals surface area contributed by atoms with Crippen molar-refractivity contribution in [1.82, 2.24) is 9.55 Å². The van der Waals surface area contributed by atoms with Gasteiger partial charge in [-0.05, 0) is 32.3 Å². The lowest BCUT2D eigenvalue weighted by atomic mass is 9.39. The maximum Gasteiger partial charge on any atom is 0.213 e. The number of aryl methyl sites for hydroxylation is 2. The molecule has 38 heavy (non-hydrogen) atoms. The largest absolute Gasteiger partial charge is 0.350 e. The SMILES string of the molecule is CC(C)Sc1ccc(B(CC=CC(Cl)C(C)F)c2ccccc2)cc1.Cc1cncn1CCC1OCCO1. The van der Waals surface area contributed by atoms with Crippen LogP contribution in [-0.2, 0) is 16.0 Å². The van der Waals surface area contributed by atoms with Crippen LogP contribution in [0, 0.1) is 6.92 Å². The summed E-state index contributed by atoms with van der Waals surface area (Å²) in [5.74, 6) is 0. The second-order valence-corrected chi connectivity index (χ2v) is 11.8. The third-order valence-electron chi connectivity index (χ3n) is 6.20. The molecule has 0 radical (unpaired) electrons. The third kappa shape index (κ3) is 10.3. The Bertz CT molecular complexity index is 1090. The number of allylic oxidation sites excluding steroid dienone is 2. The van der Waals surface area contributed by atoms with E-state index in [-0.39, 0.29) is 13.0 Å². The quantitative estimate of drug-likeness (QED) is 0.121. The lowest BCUT2D eigenvalue weighted by molar-refractivity contribution is -0.0491. The zero-order valence-electron chi connectivity index (χ0n) is 22.8. The van der Waals surface area contributed by atoms with Gasteiger partial charge in [-0.15, -0.1) is 23.4 Å². The van der Waals surface area contributed by atoms with Crippen molar-refractivity contribution >= 4 is 41.0 Å². The molecule has 204 valence electrons. The van der Waals surface area contributed by atoms with E-state index >= 15 is 0 Å². The van der Waals surface area contributed by atoms with Crippen LogP contribution < -0.4 is 10.9 Å². The number of halogens is 2. The van der Waals surface area contributed by atoms with Gasteiger partial charge in [0.1, 0.15) is 6.17 Å². The Morgan fingerprint density at radius 1 is 1.08 bits per heavy atom. The van der Waals surface area contributed by atoms with Crippen molar-refractivity contribution in [2.75, 3.05) is 13.2 Å². The predicted molar refractivity (Wildman–Crippen MR) is 160 cm³/mol. The zero-order valence-corrected chi connectivity index (χ0v) is 24.4. The monoisotopic (exact) mass is 556 g/mol. The normalized spacial score (nSPS) is 15.4.